The van der Waals surface area contributed by atoms with E-state index in [0.717, 1.165) is 27.9 Å². The maximum atomic E-state index is 14.1. The van der Waals surface area contributed by atoms with Gasteiger partial charge < -0.3 is 53.2 Å². The highest BCUT2D eigenvalue weighted by atomic mass is 16.8. The van der Waals surface area contributed by atoms with Gasteiger partial charge in [0.05, 0.1) is 42.2 Å². The SMILES string of the molecule is COC(=O)C1OC(OC(CCC(C)(C)O)[C@](C)(O)C2CCC3(O)C4=CC(=O)[C@@H]5C[C@H]6OC(C)(C)O[C@H]6C[C@]5(C)C4CC[C@]23C)C(OC(C)=O)C(OC(C)=O)C1OC(C)=O. The Balaban J connectivity index is 1.36. The summed E-state index contributed by atoms with van der Waals surface area (Å²) in [5.41, 5.74) is -5.33. The third kappa shape index (κ3) is 8.23. The minimum Gasteiger partial charge on any atom is -0.467 e. The van der Waals surface area contributed by atoms with Crippen LogP contribution >= 0.6 is 0 Å². The van der Waals surface area contributed by atoms with Crippen LogP contribution in [0.15, 0.2) is 11.6 Å². The number of hydrogen-bond acceptors (Lipinski definition) is 16. The van der Waals surface area contributed by atoms with E-state index in [0.29, 0.717) is 37.7 Å². The molecule has 0 spiro atoms. The van der Waals surface area contributed by atoms with Crippen LogP contribution in [0.1, 0.15) is 121 Å². The lowest BCUT2D eigenvalue weighted by atomic mass is 9.45. The summed E-state index contributed by atoms with van der Waals surface area (Å²) < 4.78 is 46.8. The number of aliphatic hydroxyl groups is 3. The van der Waals surface area contributed by atoms with Crippen molar-refractivity contribution in [2.24, 2.45) is 28.6 Å². The molecule has 15 atom stereocenters. The van der Waals surface area contributed by atoms with Gasteiger partial charge in [-0.05, 0) is 115 Å². The van der Waals surface area contributed by atoms with Crippen molar-refractivity contribution in [2.45, 2.75) is 192 Å². The quantitative estimate of drug-likeness (QED) is 0.201. The first kappa shape index (κ1) is 45.5. The molecule has 16 heteroatoms. The van der Waals surface area contributed by atoms with E-state index in [1.54, 1.807) is 26.8 Å². The predicted octanol–water partition coefficient (Wildman–Crippen LogP) is 3.37. The fourth-order valence-electron chi connectivity index (χ4n) is 11.8. The van der Waals surface area contributed by atoms with Crippen LogP contribution in [-0.4, -0.2) is 124 Å². The molecule has 2 heterocycles. The van der Waals surface area contributed by atoms with Gasteiger partial charge in [0.15, 0.2) is 42.3 Å². The number of fused-ring (bicyclic) bond motifs is 6. The lowest BCUT2D eigenvalue weighted by molar-refractivity contribution is -0.326. The zero-order valence-electron chi connectivity index (χ0n) is 36.2. The van der Waals surface area contributed by atoms with E-state index in [9.17, 15) is 39.3 Å². The summed E-state index contributed by atoms with van der Waals surface area (Å²) in [6, 6.07) is 0. The Morgan fingerprint density at radius 3 is 2.05 bits per heavy atom. The highest BCUT2D eigenvalue weighted by Gasteiger charge is 2.70. The molecule has 6 aliphatic rings. The van der Waals surface area contributed by atoms with Crippen molar-refractivity contribution in [2.75, 3.05) is 7.11 Å². The van der Waals surface area contributed by atoms with Crippen molar-refractivity contribution in [3.63, 3.8) is 0 Å². The molecule has 2 saturated heterocycles. The monoisotopic (exact) mass is 836 g/mol. The molecule has 332 valence electrons. The fourth-order valence-corrected chi connectivity index (χ4v) is 11.8. The minimum absolute atomic E-state index is 0.00713. The van der Waals surface area contributed by atoms with E-state index in [4.69, 9.17) is 37.9 Å². The second kappa shape index (κ2) is 15.7. The normalized spacial score (nSPS) is 41.5. The second-order valence-electron chi connectivity index (χ2n) is 19.5. The molecule has 3 saturated carbocycles. The largest absolute Gasteiger partial charge is 0.467 e. The molecule has 0 radical (unpaired) electrons. The Hall–Kier alpha value is -2.99. The number of esters is 4. The van der Waals surface area contributed by atoms with Gasteiger partial charge in [0, 0.05) is 32.1 Å². The molecular weight excluding hydrogens is 772 g/mol. The van der Waals surface area contributed by atoms with Crippen LogP contribution in [0.3, 0.4) is 0 Å². The Labute approximate surface area is 345 Å². The topological polar surface area (TPSA) is 220 Å². The smallest absolute Gasteiger partial charge is 0.339 e. The zero-order valence-corrected chi connectivity index (χ0v) is 36.2. The van der Waals surface area contributed by atoms with Gasteiger partial charge in [-0.15, -0.1) is 0 Å². The van der Waals surface area contributed by atoms with E-state index in [1.807, 2.05) is 20.8 Å². The van der Waals surface area contributed by atoms with E-state index < -0.39 is 100 Å². The third-order valence-corrected chi connectivity index (χ3v) is 14.5. The highest BCUT2D eigenvalue weighted by Crippen LogP contribution is 2.69. The van der Waals surface area contributed by atoms with Crippen LogP contribution in [0, 0.1) is 28.6 Å². The molecular formula is C43H64O16. The molecule has 5 fully saturated rings. The maximum Gasteiger partial charge on any atom is 0.339 e. The lowest BCUT2D eigenvalue weighted by Gasteiger charge is -2.60. The Morgan fingerprint density at radius 1 is 0.864 bits per heavy atom. The Morgan fingerprint density at radius 2 is 1.46 bits per heavy atom. The first-order valence-corrected chi connectivity index (χ1v) is 20.9. The van der Waals surface area contributed by atoms with Gasteiger partial charge in [-0.1, -0.05) is 13.8 Å². The van der Waals surface area contributed by atoms with Crippen LogP contribution in [0.25, 0.3) is 0 Å². The van der Waals surface area contributed by atoms with Crippen molar-refractivity contribution >= 4 is 29.7 Å². The number of methoxy groups -OCH3 is 1. The van der Waals surface area contributed by atoms with Crippen molar-refractivity contribution in [3.8, 4) is 0 Å². The fraction of sp³-hybridized carbons (Fsp3) is 0.837. The van der Waals surface area contributed by atoms with Crippen LogP contribution in [0.5, 0.6) is 0 Å². The second-order valence-corrected chi connectivity index (χ2v) is 19.5. The highest BCUT2D eigenvalue weighted by molar-refractivity contribution is 5.95. The molecule has 3 N–H and O–H groups in total. The minimum atomic E-state index is -1.81. The van der Waals surface area contributed by atoms with E-state index in [-0.39, 0.29) is 49.1 Å². The van der Waals surface area contributed by atoms with Gasteiger partial charge in [-0.2, -0.15) is 0 Å². The predicted molar refractivity (Wildman–Crippen MR) is 205 cm³/mol. The summed E-state index contributed by atoms with van der Waals surface area (Å²) in [4.78, 5) is 64.6. The summed E-state index contributed by atoms with van der Waals surface area (Å²) in [5, 5.41) is 36.9. The molecule has 59 heavy (non-hydrogen) atoms. The lowest BCUT2D eigenvalue weighted by Crippen LogP contribution is -2.66. The van der Waals surface area contributed by atoms with Crippen molar-refractivity contribution in [3.05, 3.63) is 11.6 Å². The van der Waals surface area contributed by atoms with E-state index >= 15 is 0 Å². The van der Waals surface area contributed by atoms with Crippen molar-refractivity contribution in [1.82, 2.24) is 0 Å². The standard InChI is InChI=1S/C43H64O16/c1-21(44)53-32-33(54-22(2)45)35(55-23(3)46)37(57-34(32)36(48)52-11)56-31(14-15-38(4,5)49)42(10,50)30-13-17-43(51)25-18-27(47)26-19-28-29(59-39(6,7)58-28)20-40(26,8)24(25)12-16-41(30,43)9/h18,24,26,28-35,37,49-51H,12-17,19-20H2,1-11H3/t24?,26-,28+,29-,30?,31?,32?,33?,34?,35?,37?,40+,41+,42+,43?/m0/s1. The number of hydrogen-bond donors (Lipinski definition) is 3. The summed E-state index contributed by atoms with van der Waals surface area (Å²) in [6.45, 7) is 15.9. The molecule has 0 aromatic rings. The number of allylic oxidation sites excluding steroid dienone is 1. The van der Waals surface area contributed by atoms with Crippen LogP contribution in [-0.2, 0) is 61.9 Å². The summed E-state index contributed by atoms with van der Waals surface area (Å²) in [7, 11) is 1.08. The maximum absolute atomic E-state index is 14.1. The molecule has 6 rings (SSSR count). The van der Waals surface area contributed by atoms with E-state index in [1.165, 1.54) is 0 Å². The van der Waals surface area contributed by atoms with E-state index in [2.05, 4.69) is 6.92 Å². The van der Waals surface area contributed by atoms with Gasteiger partial charge in [-0.3, -0.25) is 19.2 Å². The molecule has 2 aliphatic heterocycles. The average Bonchev–Trinajstić information content (AvgIpc) is 3.57. The van der Waals surface area contributed by atoms with Gasteiger partial charge >= 0.3 is 23.9 Å². The Kier molecular flexibility index (Phi) is 12.1. The molecule has 9 unspecified atom stereocenters. The molecule has 0 amide bonds. The first-order valence-electron chi connectivity index (χ1n) is 20.9. The number of carbonyl (C=O) groups is 5. The number of rotatable bonds is 11. The van der Waals surface area contributed by atoms with Gasteiger partial charge in [0.25, 0.3) is 0 Å². The molecule has 0 aromatic heterocycles. The third-order valence-electron chi connectivity index (χ3n) is 14.5. The van der Waals surface area contributed by atoms with Crippen LogP contribution < -0.4 is 0 Å². The first-order chi connectivity index (χ1) is 27.2. The van der Waals surface area contributed by atoms with Gasteiger partial charge in [0.2, 0.25) is 0 Å². The van der Waals surface area contributed by atoms with Gasteiger partial charge in [-0.25, -0.2) is 4.79 Å². The zero-order chi connectivity index (χ0) is 43.8. The Bertz CT molecular complexity index is 1710. The average molecular weight is 837 g/mol. The van der Waals surface area contributed by atoms with Crippen LogP contribution in [0.2, 0.25) is 0 Å². The molecule has 0 bridgehead atoms. The number of ketones is 1. The summed E-state index contributed by atoms with van der Waals surface area (Å²) >= 11 is 0. The van der Waals surface area contributed by atoms with Crippen molar-refractivity contribution < 1.29 is 77.2 Å². The molecule has 16 nitrogen and oxygen atoms in total. The molecule has 0 aromatic carbocycles. The van der Waals surface area contributed by atoms with Crippen molar-refractivity contribution in [1.29, 1.82) is 0 Å². The van der Waals surface area contributed by atoms with Crippen LogP contribution in [0.4, 0.5) is 0 Å². The number of ether oxygens (including phenoxy) is 8. The number of carbonyl (C=O) groups excluding carboxylic acids is 5. The van der Waals surface area contributed by atoms with Gasteiger partial charge in [0.1, 0.15) is 0 Å². The molecule has 4 aliphatic carbocycles. The summed E-state index contributed by atoms with van der Waals surface area (Å²) in [5.74, 6) is -5.47. The summed E-state index contributed by atoms with van der Waals surface area (Å²) in [6.07, 6.45) is -5.31.